The van der Waals surface area contributed by atoms with Crippen molar-refractivity contribution in [3.63, 3.8) is 0 Å². The van der Waals surface area contributed by atoms with Gasteiger partial charge in [0.25, 0.3) is 0 Å². The van der Waals surface area contributed by atoms with Gasteiger partial charge in [-0.05, 0) is 77.5 Å². The normalized spacial score (nSPS) is 11.4. The highest BCUT2D eigenvalue weighted by Gasteiger charge is 2.19. The van der Waals surface area contributed by atoms with Crippen molar-refractivity contribution in [3.8, 4) is 0 Å². The molecule has 0 atom stereocenters. The van der Waals surface area contributed by atoms with Crippen LogP contribution < -0.4 is 5.32 Å². The summed E-state index contributed by atoms with van der Waals surface area (Å²) in [7, 11) is 0. The Labute approximate surface area is 257 Å². The lowest BCUT2D eigenvalue weighted by molar-refractivity contribution is -0.137. The average Bonchev–Trinajstić information content (AvgIpc) is 3.39. The van der Waals surface area contributed by atoms with Crippen molar-refractivity contribution in [1.82, 2.24) is 4.57 Å². The number of carbonyl (C=O) groups excluding carboxylic acids is 1. The number of aliphatic carboxylic acids is 1. The molecule has 0 aliphatic rings. The van der Waals surface area contributed by atoms with Gasteiger partial charge >= 0.3 is 5.97 Å². The van der Waals surface area contributed by atoms with E-state index in [9.17, 15) is 9.59 Å². The minimum absolute atomic E-state index is 0.0230. The first-order valence-corrected chi connectivity index (χ1v) is 15.6. The smallest absolute Gasteiger partial charge is 0.303 e. The zero-order valence-electron chi connectivity index (χ0n) is 26.3. The number of benzene rings is 3. The highest BCUT2D eigenvalue weighted by molar-refractivity contribution is 6.10. The molecule has 1 aromatic heterocycles. The molecule has 0 amide bonds. The van der Waals surface area contributed by atoms with Crippen LogP contribution in [0.1, 0.15) is 97.2 Å². The summed E-state index contributed by atoms with van der Waals surface area (Å²) in [5.41, 5.74) is 8.17. The number of hydrogen-bond acceptors (Lipinski definition) is 3. The molecule has 0 bridgehead atoms. The van der Waals surface area contributed by atoms with E-state index in [1.54, 1.807) is 0 Å². The van der Waals surface area contributed by atoms with Crippen molar-refractivity contribution in [2.45, 2.75) is 79.3 Å². The number of carboxylic acid groups (broad SMARTS) is 1. The molecule has 0 unspecified atom stereocenters. The zero-order valence-corrected chi connectivity index (χ0v) is 26.3. The summed E-state index contributed by atoms with van der Waals surface area (Å²) in [5.74, 6) is 0.372. The van der Waals surface area contributed by atoms with E-state index in [4.69, 9.17) is 5.11 Å². The van der Waals surface area contributed by atoms with Gasteiger partial charge in [-0.1, -0.05) is 95.3 Å². The number of nitrogens with one attached hydrogen (secondary N) is 1. The first-order chi connectivity index (χ1) is 20.6. The SMILES string of the molecule is CCc1cn(CCCC(=O)O)cc1C(=O)c1cccc(NC(c2ccc(CC(C)C)cc2)c2ccc(CC(C)C)cc2)c1. The van der Waals surface area contributed by atoms with Gasteiger partial charge in [0, 0.05) is 42.2 Å². The van der Waals surface area contributed by atoms with E-state index in [0.717, 1.165) is 30.5 Å². The zero-order chi connectivity index (χ0) is 30.9. The second-order valence-corrected chi connectivity index (χ2v) is 12.5. The fourth-order valence-corrected chi connectivity index (χ4v) is 5.65. The number of carboxylic acids is 1. The van der Waals surface area contributed by atoms with Crippen molar-refractivity contribution in [3.05, 3.63) is 124 Å². The van der Waals surface area contributed by atoms with Crippen molar-refractivity contribution in [1.29, 1.82) is 0 Å². The van der Waals surface area contributed by atoms with Crippen LogP contribution in [0, 0.1) is 11.8 Å². The second kappa shape index (κ2) is 14.9. The summed E-state index contributed by atoms with van der Waals surface area (Å²) >= 11 is 0. The van der Waals surface area contributed by atoms with Gasteiger partial charge in [-0.25, -0.2) is 0 Å². The van der Waals surface area contributed by atoms with Gasteiger partial charge in [0.1, 0.15) is 0 Å². The average molecular weight is 579 g/mol. The molecule has 43 heavy (non-hydrogen) atoms. The third kappa shape index (κ3) is 8.93. The lowest BCUT2D eigenvalue weighted by atomic mass is 9.93. The molecule has 1 heterocycles. The van der Waals surface area contributed by atoms with Gasteiger partial charge < -0.3 is 15.0 Å². The summed E-state index contributed by atoms with van der Waals surface area (Å²) in [6.45, 7) is 11.6. The molecular weight excluding hydrogens is 532 g/mol. The summed E-state index contributed by atoms with van der Waals surface area (Å²) in [6, 6.07) is 25.4. The van der Waals surface area contributed by atoms with Crippen LogP contribution in [0.3, 0.4) is 0 Å². The molecule has 0 radical (unpaired) electrons. The number of carbonyl (C=O) groups is 2. The summed E-state index contributed by atoms with van der Waals surface area (Å²) in [5, 5.41) is 12.7. The van der Waals surface area contributed by atoms with Gasteiger partial charge in [-0.3, -0.25) is 9.59 Å². The molecular formula is C38H46N2O3. The number of hydrogen-bond donors (Lipinski definition) is 2. The Kier molecular flexibility index (Phi) is 11.0. The molecule has 0 aliphatic heterocycles. The molecule has 5 heteroatoms. The Balaban J connectivity index is 1.61. The maximum atomic E-state index is 13.7. The maximum Gasteiger partial charge on any atom is 0.303 e. The number of ketones is 1. The molecule has 0 saturated heterocycles. The van der Waals surface area contributed by atoms with E-state index < -0.39 is 5.97 Å². The van der Waals surface area contributed by atoms with E-state index >= 15 is 0 Å². The van der Waals surface area contributed by atoms with Crippen LogP contribution >= 0.6 is 0 Å². The predicted octanol–water partition coefficient (Wildman–Crippen LogP) is 8.74. The quantitative estimate of drug-likeness (QED) is 0.138. The Morgan fingerprint density at radius 2 is 1.40 bits per heavy atom. The lowest BCUT2D eigenvalue weighted by Crippen LogP contribution is -2.13. The van der Waals surface area contributed by atoms with E-state index in [1.165, 1.54) is 22.3 Å². The van der Waals surface area contributed by atoms with Gasteiger partial charge in [-0.15, -0.1) is 0 Å². The van der Waals surface area contributed by atoms with E-state index in [0.29, 0.717) is 35.9 Å². The molecule has 4 aromatic rings. The summed E-state index contributed by atoms with van der Waals surface area (Å²) in [4.78, 5) is 24.7. The number of anilines is 1. The van der Waals surface area contributed by atoms with Crippen molar-refractivity contribution >= 4 is 17.4 Å². The Hall–Kier alpha value is -4.12. The number of rotatable bonds is 15. The Morgan fingerprint density at radius 3 is 1.91 bits per heavy atom. The van der Waals surface area contributed by atoms with Crippen LogP contribution in [-0.4, -0.2) is 21.4 Å². The van der Waals surface area contributed by atoms with Gasteiger partial charge in [0.15, 0.2) is 5.78 Å². The fraction of sp³-hybridized carbons (Fsp3) is 0.368. The van der Waals surface area contributed by atoms with E-state index in [2.05, 4.69) is 81.5 Å². The predicted molar refractivity (Wildman–Crippen MR) is 176 cm³/mol. The van der Waals surface area contributed by atoms with Crippen LogP contribution in [-0.2, 0) is 30.6 Å². The van der Waals surface area contributed by atoms with E-state index in [-0.39, 0.29) is 18.2 Å². The minimum atomic E-state index is -0.806. The van der Waals surface area contributed by atoms with Crippen LogP contribution in [0.5, 0.6) is 0 Å². The lowest BCUT2D eigenvalue weighted by Gasteiger charge is -2.22. The Bertz CT molecular complexity index is 1440. The molecule has 4 rings (SSSR count). The molecule has 3 aromatic carbocycles. The molecule has 5 nitrogen and oxygen atoms in total. The highest BCUT2D eigenvalue weighted by Crippen LogP contribution is 2.29. The molecule has 0 fully saturated rings. The van der Waals surface area contributed by atoms with Gasteiger partial charge in [-0.2, -0.15) is 0 Å². The van der Waals surface area contributed by atoms with Crippen molar-refractivity contribution in [2.24, 2.45) is 11.8 Å². The first-order valence-electron chi connectivity index (χ1n) is 15.6. The van der Waals surface area contributed by atoms with Crippen LogP contribution in [0.15, 0.2) is 85.2 Å². The topological polar surface area (TPSA) is 71.3 Å². The fourth-order valence-electron chi connectivity index (χ4n) is 5.65. The monoisotopic (exact) mass is 578 g/mol. The third-order valence-corrected chi connectivity index (χ3v) is 7.74. The van der Waals surface area contributed by atoms with Crippen LogP contribution in [0.2, 0.25) is 0 Å². The number of aromatic nitrogens is 1. The van der Waals surface area contributed by atoms with Crippen molar-refractivity contribution in [2.75, 3.05) is 5.32 Å². The molecule has 2 N–H and O–H groups in total. The summed E-state index contributed by atoms with van der Waals surface area (Å²) < 4.78 is 1.94. The van der Waals surface area contributed by atoms with Gasteiger partial charge in [0.05, 0.1) is 6.04 Å². The molecule has 0 saturated carbocycles. The molecule has 226 valence electrons. The highest BCUT2D eigenvalue weighted by atomic mass is 16.4. The van der Waals surface area contributed by atoms with Crippen LogP contribution in [0.25, 0.3) is 0 Å². The third-order valence-electron chi connectivity index (χ3n) is 7.74. The molecule has 0 aliphatic carbocycles. The first kappa shape index (κ1) is 31.8. The largest absolute Gasteiger partial charge is 0.481 e. The number of nitrogens with zero attached hydrogens (tertiary/aromatic N) is 1. The van der Waals surface area contributed by atoms with Crippen LogP contribution in [0.4, 0.5) is 5.69 Å². The number of aryl methyl sites for hydroxylation is 2. The van der Waals surface area contributed by atoms with E-state index in [1.807, 2.05) is 48.1 Å². The minimum Gasteiger partial charge on any atom is -0.481 e. The summed E-state index contributed by atoms with van der Waals surface area (Å²) in [6.07, 6.45) is 7.30. The second-order valence-electron chi connectivity index (χ2n) is 12.5. The maximum absolute atomic E-state index is 13.7. The molecule has 0 spiro atoms. The standard InChI is InChI=1S/C38H46N2O3/c1-6-30-24-40(20-8-11-36(41)42)25-35(30)38(43)33-9-7-10-34(23-33)39-37(31-16-12-28(13-17-31)21-26(2)3)32-18-14-29(15-19-32)22-27(4)5/h7,9-10,12-19,23-27,37,39H,6,8,11,20-22H2,1-5H3,(H,41,42). The van der Waals surface area contributed by atoms with Crippen molar-refractivity contribution < 1.29 is 14.7 Å². The van der Waals surface area contributed by atoms with Gasteiger partial charge in [0.2, 0.25) is 0 Å². The Morgan fingerprint density at radius 1 is 0.814 bits per heavy atom.